The molecule has 2 unspecified atom stereocenters. The number of benzene rings is 2. The van der Waals surface area contributed by atoms with E-state index in [1.807, 2.05) is 0 Å². The molecule has 0 radical (unpaired) electrons. The topological polar surface area (TPSA) is 114 Å². The van der Waals surface area contributed by atoms with Crippen molar-refractivity contribution in [3.8, 4) is 22.8 Å². The molecule has 3 N–H and O–H groups in total. The minimum absolute atomic E-state index is 0.0583. The van der Waals surface area contributed by atoms with Crippen LogP contribution in [0.5, 0.6) is 11.5 Å². The van der Waals surface area contributed by atoms with Crippen molar-refractivity contribution in [2.45, 2.75) is 18.4 Å². The minimum atomic E-state index is -1.03. The molecular formula is C22H24N2O6. The van der Waals surface area contributed by atoms with Crippen molar-refractivity contribution in [1.82, 2.24) is 4.98 Å². The molecule has 1 amide bonds. The van der Waals surface area contributed by atoms with Gasteiger partial charge >= 0.3 is 0 Å². The van der Waals surface area contributed by atoms with Crippen LogP contribution in [0.1, 0.15) is 17.9 Å². The molecule has 2 aromatic carbocycles. The predicted octanol–water partition coefficient (Wildman–Crippen LogP) is 2.82. The van der Waals surface area contributed by atoms with Gasteiger partial charge in [0.05, 0.1) is 44.6 Å². The number of nitrogens with zero attached hydrogens (tertiary/aromatic N) is 1. The number of ether oxygens (including phenoxy) is 2. The van der Waals surface area contributed by atoms with Crippen molar-refractivity contribution in [1.29, 1.82) is 0 Å². The summed E-state index contributed by atoms with van der Waals surface area (Å²) >= 11 is 0. The van der Waals surface area contributed by atoms with Crippen molar-refractivity contribution in [2.75, 3.05) is 26.1 Å². The quantitative estimate of drug-likeness (QED) is 0.495. The van der Waals surface area contributed by atoms with Gasteiger partial charge in [-0.05, 0) is 36.2 Å². The van der Waals surface area contributed by atoms with E-state index in [2.05, 4.69) is 10.3 Å². The number of aliphatic hydroxyl groups is 2. The molecule has 158 valence electrons. The molecule has 1 heterocycles. The Morgan fingerprint density at radius 2 is 2.03 bits per heavy atom. The molecular weight excluding hydrogens is 388 g/mol. The van der Waals surface area contributed by atoms with Crippen LogP contribution in [0.15, 0.2) is 59.5 Å². The first-order valence-corrected chi connectivity index (χ1v) is 9.36. The predicted molar refractivity (Wildman–Crippen MR) is 111 cm³/mol. The van der Waals surface area contributed by atoms with Gasteiger partial charge in [-0.15, -0.1) is 0 Å². The van der Waals surface area contributed by atoms with Crippen LogP contribution in [-0.4, -0.2) is 48.0 Å². The highest BCUT2D eigenvalue weighted by atomic mass is 16.5. The summed E-state index contributed by atoms with van der Waals surface area (Å²) in [5, 5.41) is 22.1. The molecule has 0 aliphatic rings. The van der Waals surface area contributed by atoms with Gasteiger partial charge in [0.1, 0.15) is 11.5 Å². The highest BCUT2D eigenvalue weighted by molar-refractivity contribution is 5.96. The molecule has 0 saturated carbocycles. The zero-order valence-corrected chi connectivity index (χ0v) is 16.7. The fourth-order valence-corrected chi connectivity index (χ4v) is 3.15. The number of rotatable bonds is 9. The van der Waals surface area contributed by atoms with Crippen molar-refractivity contribution < 1.29 is 28.9 Å². The largest absolute Gasteiger partial charge is 0.497 e. The SMILES string of the molecule is COc1cccc(C(CC(O)CO)C(=O)Nc2ccc(-c3cnco3)c(OC)c2)c1. The average Bonchev–Trinajstić information content (AvgIpc) is 3.31. The van der Waals surface area contributed by atoms with Crippen LogP contribution in [0.3, 0.4) is 0 Å². The summed E-state index contributed by atoms with van der Waals surface area (Å²) in [5.74, 6) is 0.636. The number of carbonyl (C=O) groups excluding carboxylic acids is 1. The first-order chi connectivity index (χ1) is 14.5. The summed E-state index contributed by atoms with van der Waals surface area (Å²) in [6.45, 7) is -0.437. The maximum absolute atomic E-state index is 13.1. The van der Waals surface area contributed by atoms with Gasteiger partial charge in [0, 0.05) is 11.8 Å². The fourth-order valence-electron chi connectivity index (χ4n) is 3.15. The third-order valence-corrected chi connectivity index (χ3v) is 4.70. The van der Waals surface area contributed by atoms with Crippen LogP contribution in [0.25, 0.3) is 11.3 Å². The minimum Gasteiger partial charge on any atom is -0.497 e. The number of oxazole rings is 1. The summed E-state index contributed by atoms with van der Waals surface area (Å²) in [4.78, 5) is 17.0. The average molecular weight is 412 g/mol. The van der Waals surface area contributed by atoms with E-state index in [-0.39, 0.29) is 12.3 Å². The summed E-state index contributed by atoms with van der Waals surface area (Å²) in [6, 6.07) is 12.2. The Hall–Kier alpha value is -3.36. The zero-order valence-electron chi connectivity index (χ0n) is 16.7. The van der Waals surface area contributed by atoms with Crippen molar-refractivity contribution in [2.24, 2.45) is 0 Å². The summed E-state index contributed by atoms with van der Waals surface area (Å²) < 4.78 is 16.0. The van der Waals surface area contributed by atoms with E-state index in [0.717, 1.165) is 0 Å². The third-order valence-electron chi connectivity index (χ3n) is 4.70. The summed E-state index contributed by atoms with van der Waals surface area (Å²) in [6.07, 6.45) is 1.93. The lowest BCUT2D eigenvalue weighted by atomic mass is 9.92. The highest BCUT2D eigenvalue weighted by Crippen LogP contribution is 2.33. The standard InChI is InChI=1S/C22H24N2O6/c1-28-17-5-3-4-14(8-17)19(10-16(26)12-25)22(27)24-15-6-7-18(20(9-15)29-2)21-11-23-13-30-21/h3-9,11,13,16,19,25-26H,10,12H2,1-2H3,(H,24,27). The van der Waals surface area contributed by atoms with E-state index in [0.29, 0.717) is 34.1 Å². The highest BCUT2D eigenvalue weighted by Gasteiger charge is 2.25. The smallest absolute Gasteiger partial charge is 0.232 e. The van der Waals surface area contributed by atoms with Crippen LogP contribution in [0.2, 0.25) is 0 Å². The number of aliphatic hydroxyl groups excluding tert-OH is 2. The molecule has 0 bridgehead atoms. The van der Waals surface area contributed by atoms with Gasteiger partial charge in [0.2, 0.25) is 5.91 Å². The molecule has 30 heavy (non-hydrogen) atoms. The second-order valence-corrected chi connectivity index (χ2v) is 6.67. The van der Waals surface area contributed by atoms with Gasteiger partial charge in [-0.3, -0.25) is 4.79 Å². The number of carbonyl (C=O) groups is 1. The van der Waals surface area contributed by atoms with Crippen LogP contribution < -0.4 is 14.8 Å². The van der Waals surface area contributed by atoms with E-state index in [9.17, 15) is 15.0 Å². The number of amides is 1. The van der Waals surface area contributed by atoms with Gasteiger partial charge in [0.15, 0.2) is 12.2 Å². The van der Waals surface area contributed by atoms with E-state index in [1.165, 1.54) is 13.5 Å². The van der Waals surface area contributed by atoms with Gasteiger partial charge in [-0.25, -0.2) is 4.98 Å². The van der Waals surface area contributed by atoms with E-state index >= 15 is 0 Å². The van der Waals surface area contributed by atoms with Crippen molar-refractivity contribution in [3.63, 3.8) is 0 Å². The van der Waals surface area contributed by atoms with E-state index < -0.39 is 18.6 Å². The van der Waals surface area contributed by atoms with Crippen LogP contribution in [0.4, 0.5) is 5.69 Å². The monoisotopic (exact) mass is 412 g/mol. The number of anilines is 1. The van der Waals surface area contributed by atoms with E-state index in [1.54, 1.807) is 55.8 Å². The molecule has 0 spiro atoms. The lowest BCUT2D eigenvalue weighted by Crippen LogP contribution is -2.26. The second-order valence-electron chi connectivity index (χ2n) is 6.67. The number of hydrogen-bond acceptors (Lipinski definition) is 7. The van der Waals surface area contributed by atoms with Crippen molar-refractivity contribution in [3.05, 3.63) is 60.6 Å². The third kappa shape index (κ3) is 4.97. The van der Waals surface area contributed by atoms with Gasteiger partial charge in [-0.1, -0.05) is 12.1 Å². The van der Waals surface area contributed by atoms with Crippen LogP contribution in [-0.2, 0) is 4.79 Å². The first-order valence-electron chi connectivity index (χ1n) is 9.36. The van der Waals surface area contributed by atoms with Crippen molar-refractivity contribution >= 4 is 11.6 Å². The van der Waals surface area contributed by atoms with Gasteiger partial charge in [0.25, 0.3) is 0 Å². The van der Waals surface area contributed by atoms with Gasteiger partial charge in [-0.2, -0.15) is 0 Å². The number of hydrogen-bond donors (Lipinski definition) is 3. The Morgan fingerprint density at radius 1 is 1.20 bits per heavy atom. The lowest BCUT2D eigenvalue weighted by Gasteiger charge is -2.20. The molecule has 3 aromatic rings. The lowest BCUT2D eigenvalue weighted by molar-refractivity contribution is -0.118. The summed E-state index contributed by atoms with van der Waals surface area (Å²) in [7, 11) is 3.07. The number of aromatic nitrogens is 1. The molecule has 1 aromatic heterocycles. The molecule has 3 rings (SSSR count). The summed E-state index contributed by atoms with van der Waals surface area (Å²) in [5.41, 5.74) is 1.89. The molecule has 0 aliphatic heterocycles. The molecule has 2 atom stereocenters. The second kappa shape index (κ2) is 9.91. The molecule has 0 fully saturated rings. The Morgan fingerprint density at radius 3 is 2.70 bits per heavy atom. The van der Waals surface area contributed by atoms with Crippen LogP contribution in [0, 0.1) is 0 Å². The van der Waals surface area contributed by atoms with E-state index in [4.69, 9.17) is 13.9 Å². The van der Waals surface area contributed by atoms with Gasteiger partial charge < -0.3 is 29.4 Å². The first kappa shape index (κ1) is 21.4. The molecule has 0 saturated heterocycles. The Bertz CT molecular complexity index is 974. The zero-order chi connectivity index (χ0) is 21.5. The fraction of sp³-hybridized carbons (Fsp3) is 0.273. The number of methoxy groups -OCH3 is 2. The van der Waals surface area contributed by atoms with Crippen LogP contribution >= 0.6 is 0 Å². The Balaban J connectivity index is 1.86. The Kier molecular flexibility index (Phi) is 7.05. The molecule has 8 nitrogen and oxygen atoms in total. The molecule has 0 aliphatic carbocycles. The number of nitrogens with one attached hydrogen (secondary N) is 1. The maximum atomic E-state index is 13.1. The molecule has 8 heteroatoms. The maximum Gasteiger partial charge on any atom is 0.232 e. The Labute approximate surface area is 174 Å². The normalized spacial score (nSPS) is 12.8.